The minimum Gasteiger partial charge on any atom is -0.306 e. The Morgan fingerprint density at radius 3 is 2.20 bits per heavy atom. The number of thiophene rings is 1. The van der Waals surface area contributed by atoms with E-state index in [9.17, 15) is 17.6 Å². The van der Waals surface area contributed by atoms with Crippen molar-refractivity contribution in [2.75, 3.05) is 14.1 Å². The Kier molecular flexibility index (Phi) is 5.05. The van der Waals surface area contributed by atoms with Crippen LogP contribution < -0.4 is 5.56 Å². The average Bonchev–Trinajstić information content (AvgIpc) is 3.05. The molecular formula is C21H18FN3O3S2. The lowest BCUT2D eigenvalue weighted by Crippen LogP contribution is -2.22. The van der Waals surface area contributed by atoms with Crippen LogP contribution in [0.25, 0.3) is 32.7 Å². The van der Waals surface area contributed by atoms with Gasteiger partial charge in [-0.25, -0.2) is 22.1 Å². The quantitative estimate of drug-likeness (QED) is 0.517. The fourth-order valence-corrected chi connectivity index (χ4v) is 5.16. The zero-order chi connectivity index (χ0) is 21.6. The van der Waals surface area contributed by atoms with Crippen LogP contribution in [0.15, 0.2) is 58.2 Å². The van der Waals surface area contributed by atoms with Gasteiger partial charge in [0.05, 0.1) is 10.3 Å². The smallest absolute Gasteiger partial charge is 0.260 e. The molecule has 154 valence electrons. The fourth-order valence-electron chi connectivity index (χ4n) is 3.22. The van der Waals surface area contributed by atoms with Gasteiger partial charge in [-0.3, -0.25) is 4.79 Å². The van der Waals surface area contributed by atoms with Gasteiger partial charge in [-0.15, -0.1) is 11.3 Å². The monoisotopic (exact) mass is 443 g/mol. The molecule has 30 heavy (non-hydrogen) atoms. The van der Waals surface area contributed by atoms with E-state index >= 15 is 0 Å². The van der Waals surface area contributed by atoms with Crippen LogP contribution in [-0.4, -0.2) is 36.8 Å². The van der Waals surface area contributed by atoms with Crippen molar-refractivity contribution in [2.24, 2.45) is 0 Å². The van der Waals surface area contributed by atoms with Crippen LogP contribution in [0.2, 0.25) is 0 Å². The maximum Gasteiger partial charge on any atom is 0.260 e. The summed E-state index contributed by atoms with van der Waals surface area (Å²) < 4.78 is 38.9. The standard InChI is InChI=1S/C21H18FN3O3S2/c1-12-17(13-4-8-15(22)9-5-13)18-20(26)23-19(24-21(18)29-12)14-6-10-16(11-7-14)30(27,28)25(2)3/h4-11H,1-3H3,(H,23,24,26). The molecule has 9 heteroatoms. The van der Waals surface area contributed by atoms with Gasteiger partial charge in [0.15, 0.2) is 0 Å². The minimum atomic E-state index is -3.54. The van der Waals surface area contributed by atoms with Crippen LogP contribution >= 0.6 is 11.3 Å². The van der Waals surface area contributed by atoms with E-state index in [1.165, 1.54) is 49.7 Å². The number of sulfonamides is 1. The molecule has 6 nitrogen and oxygen atoms in total. The van der Waals surface area contributed by atoms with Crippen molar-refractivity contribution in [1.82, 2.24) is 14.3 Å². The van der Waals surface area contributed by atoms with Crippen molar-refractivity contribution in [3.8, 4) is 22.5 Å². The molecule has 2 heterocycles. The normalized spacial score (nSPS) is 12.0. The first-order chi connectivity index (χ1) is 14.2. The van der Waals surface area contributed by atoms with Gasteiger partial charge in [0, 0.05) is 30.1 Å². The third kappa shape index (κ3) is 3.45. The lowest BCUT2D eigenvalue weighted by molar-refractivity contribution is 0.521. The molecule has 0 bridgehead atoms. The third-order valence-electron chi connectivity index (χ3n) is 4.78. The highest BCUT2D eigenvalue weighted by molar-refractivity contribution is 7.89. The summed E-state index contributed by atoms with van der Waals surface area (Å²) in [7, 11) is -0.606. The topological polar surface area (TPSA) is 83.1 Å². The summed E-state index contributed by atoms with van der Waals surface area (Å²) in [5.41, 5.74) is 1.78. The Morgan fingerprint density at radius 2 is 1.60 bits per heavy atom. The number of hydrogen-bond acceptors (Lipinski definition) is 5. The van der Waals surface area contributed by atoms with Gasteiger partial charge in [0.1, 0.15) is 16.5 Å². The number of halogens is 1. The molecule has 4 rings (SSSR count). The molecule has 0 aliphatic rings. The SMILES string of the molecule is Cc1sc2nc(-c3ccc(S(=O)(=O)N(C)C)cc3)[nH]c(=O)c2c1-c1ccc(F)cc1. The van der Waals surface area contributed by atoms with Crippen molar-refractivity contribution < 1.29 is 12.8 Å². The number of aromatic nitrogens is 2. The molecule has 0 fully saturated rings. The average molecular weight is 444 g/mol. The van der Waals surface area contributed by atoms with Gasteiger partial charge < -0.3 is 4.98 Å². The van der Waals surface area contributed by atoms with Crippen LogP contribution in [0, 0.1) is 12.7 Å². The first kappa shape index (κ1) is 20.4. The summed E-state index contributed by atoms with van der Waals surface area (Å²) in [6.45, 7) is 1.89. The maximum absolute atomic E-state index is 13.3. The molecule has 0 saturated heterocycles. The third-order valence-corrected chi connectivity index (χ3v) is 7.61. The highest BCUT2D eigenvalue weighted by atomic mass is 32.2. The lowest BCUT2D eigenvalue weighted by atomic mass is 10.0. The molecule has 0 atom stereocenters. The summed E-state index contributed by atoms with van der Waals surface area (Å²) in [6.07, 6.45) is 0. The minimum absolute atomic E-state index is 0.158. The number of nitrogens with one attached hydrogen (secondary N) is 1. The van der Waals surface area contributed by atoms with E-state index in [0.717, 1.165) is 20.3 Å². The molecule has 2 aromatic carbocycles. The summed E-state index contributed by atoms with van der Waals surface area (Å²) in [5.74, 6) is 0.0122. The Hall–Kier alpha value is -2.88. The number of nitrogens with zero attached hydrogens (tertiary/aromatic N) is 2. The summed E-state index contributed by atoms with van der Waals surface area (Å²) >= 11 is 1.38. The Balaban J connectivity index is 1.82. The van der Waals surface area contributed by atoms with Crippen LogP contribution in [-0.2, 0) is 10.0 Å². The number of H-pyrrole nitrogens is 1. The first-order valence-electron chi connectivity index (χ1n) is 9.01. The second-order valence-corrected chi connectivity index (χ2v) is 10.3. The number of aromatic amines is 1. The van der Waals surface area contributed by atoms with E-state index < -0.39 is 10.0 Å². The van der Waals surface area contributed by atoms with Crippen LogP contribution in [0.4, 0.5) is 4.39 Å². The van der Waals surface area contributed by atoms with Crippen molar-refractivity contribution in [2.45, 2.75) is 11.8 Å². The van der Waals surface area contributed by atoms with Gasteiger partial charge in [-0.1, -0.05) is 12.1 Å². The Labute approximate surface area is 176 Å². The van der Waals surface area contributed by atoms with Gasteiger partial charge in [-0.05, 0) is 48.9 Å². The first-order valence-corrected chi connectivity index (χ1v) is 11.3. The molecular weight excluding hydrogens is 425 g/mol. The molecule has 0 unspecified atom stereocenters. The molecule has 0 aliphatic carbocycles. The van der Waals surface area contributed by atoms with Gasteiger partial charge in [-0.2, -0.15) is 0 Å². The highest BCUT2D eigenvalue weighted by Crippen LogP contribution is 2.36. The van der Waals surface area contributed by atoms with Crippen molar-refractivity contribution in [1.29, 1.82) is 0 Å². The van der Waals surface area contributed by atoms with E-state index in [-0.39, 0.29) is 16.3 Å². The number of aryl methyl sites for hydroxylation is 1. The molecule has 0 spiro atoms. The largest absolute Gasteiger partial charge is 0.306 e. The molecule has 1 N–H and O–H groups in total. The zero-order valence-electron chi connectivity index (χ0n) is 16.4. The molecule has 2 aromatic heterocycles. The lowest BCUT2D eigenvalue weighted by Gasteiger charge is -2.11. The van der Waals surface area contributed by atoms with E-state index in [2.05, 4.69) is 9.97 Å². The number of fused-ring (bicyclic) bond motifs is 1. The van der Waals surface area contributed by atoms with E-state index in [4.69, 9.17) is 0 Å². The van der Waals surface area contributed by atoms with E-state index in [1.807, 2.05) is 6.92 Å². The molecule has 4 aromatic rings. The van der Waals surface area contributed by atoms with Crippen LogP contribution in [0.5, 0.6) is 0 Å². The van der Waals surface area contributed by atoms with Crippen LogP contribution in [0.3, 0.4) is 0 Å². The van der Waals surface area contributed by atoms with Crippen LogP contribution in [0.1, 0.15) is 4.88 Å². The van der Waals surface area contributed by atoms with E-state index in [0.29, 0.717) is 21.6 Å². The fraction of sp³-hybridized carbons (Fsp3) is 0.143. The molecule has 0 aliphatic heterocycles. The van der Waals surface area contributed by atoms with Gasteiger partial charge in [0.25, 0.3) is 5.56 Å². The van der Waals surface area contributed by atoms with Crippen molar-refractivity contribution in [3.05, 3.63) is 69.6 Å². The molecule has 0 saturated carbocycles. The molecule has 0 amide bonds. The maximum atomic E-state index is 13.3. The summed E-state index contributed by atoms with van der Waals surface area (Å²) in [6, 6.07) is 12.2. The predicted molar refractivity (Wildman–Crippen MR) is 117 cm³/mol. The molecule has 0 radical (unpaired) electrons. The second kappa shape index (κ2) is 7.42. The van der Waals surface area contributed by atoms with Crippen molar-refractivity contribution in [3.63, 3.8) is 0 Å². The number of rotatable bonds is 4. The Morgan fingerprint density at radius 1 is 1.00 bits per heavy atom. The zero-order valence-corrected chi connectivity index (χ0v) is 18.1. The van der Waals surface area contributed by atoms with Crippen molar-refractivity contribution >= 4 is 31.6 Å². The summed E-state index contributed by atoms with van der Waals surface area (Å²) in [5, 5.41) is 0.458. The van der Waals surface area contributed by atoms with Gasteiger partial charge >= 0.3 is 0 Å². The number of hydrogen-bond donors (Lipinski definition) is 1. The highest BCUT2D eigenvalue weighted by Gasteiger charge is 2.19. The second-order valence-electron chi connectivity index (χ2n) is 6.95. The Bertz CT molecular complexity index is 1410. The summed E-state index contributed by atoms with van der Waals surface area (Å²) in [4.78, 5) is 21.9. The number of benzene rings is 2. The predicted octanol–water partition coefficient (Wildman–Crippen LogP) is 4.02. The van der Waals surface area contributed by atoms with Gasteiger partial charge in [0.2, 0.25) is 10.0 Å². The van der Waals surface area contributed by atoms with E-state index in [1.54, 1.807) is 24.3 Å².